The minimum absolute atomic E-state index is 0.00621. The molecule has 32 heavy (non-hydrogen) atoms. The fourth-order valence-electron chi connectivity index (χ4n) is 3.09. The van der Waals surface area contributed by atoms with Crippen LogP contribution in [0.25, 0.3) is 6.08 Å². The van der Waals surface area contributed by atoms with E-state index in [2.05, 4.69) is 27.9 Å². The molecule has 8 heteroatoms. The molecule has 0 aliphatic carbocycles. The van der Waals surface area contributed by atoms with Crippen molar-refractivity contribution in [3.63, 3.8) is 0 Å². The maximum Gasteiger partial charge on any atom is 0.335 e. The summed E-state index contributed by atoms with van der Waals surface area (Å²) in [4.78, 5) is 38.9. The number of urea groups is 1. The third kappa shape index (κ3) is 5.12. The van der Waals surface area contributed by atoms with E-state index in [1.807, 2.05) is 27.7 Å². The van der Waals surface area contributed by atoms with Crippen molar-refractivity contribution < 1.29 is 23.9 Å². The van der Waals surface area contributed by atoms with Crippen LogP contribution in [0, 0.1) is 10.5 Å². The molecule has 7 nitrogen and oxygen atoms in total. The van der Waals surface area contributed by atoms with Crippen LogP contribution >= 0.6 is 22.6 Å². The molecule has 1 N–H and O–H groups in total. The summed E-state index contributed by atoms with van der Waals surface area (Å²) in [5.41, 5.74) is 1.83. The first kappa shape index (κ1) is 23.8. The molecule has 0 radical (unpaired) electrons. The molecule has 168 valence electrons. The second-order valence-electron chi connectivity index (χ2n) is 7.39. The molecule has 1 aliphatic heterocycles. The first-order valence-electron chi connectivity index (χ1n) is 10.4. The molecule has 2 aromatic rings. The number of carbonyl (C=O) groups is 3. The highest BCUT2D eigenvalue weighted by atomic mass is 127. The monoisotopic (exact) mass is 548 g/mol. The number of imide groups is 2. The second kappa shape index (κ2) is 10.2. The molecule has 0 aromatic heterocycles. The lowest BCUT2D eigenvalue weighted by Crippen LogP contribution is -2.54. The zero-order valence-electron chi connectivity index (χ0n) is 18.4. The molecule has 0 unspecified atom stereocenters. The molecule has 1 aliphatic rings. The Kier molecular flexibility index (Phi) is 7.55. The lowest BCUT2D eigenvalue weighted by atomic mass is 10.1. The smallest absolute Gasteiger partial charge is 0.335 e. The van der Waals surface area contributed by atoms with Gasteiger partial charge < -0.3 is 9.47 Å². The maximum atomic E-state index is 13.1. The number of amides is 4. The van der Waals surface area contributed by atoms with Crippen LogP contribution < -0.4 is 19.7 Å². The fourth-order valence-corrected chi connectivity index (χ4v) is 3.84. The van der Waals surface area contributed by atoms with Crippen LogP contribution in [-0.2, 0) is 9.59 Å². The molecule has 0 spiro atoms. The summed E-state index contributed by atoms with van der Waals surface area (Å²) in [5, 5.41) is 2.24. The number of nitrogens with one attached hydrogen (secondary N) is 1. The highest BCUT2D eigenvalue weighted by Gasteiger charge is 2.36. The van der Waals surface area contributed by atoms with E-state index in [1.165, 1.54) is 6.08 Å². The standard InChI is InChI=1S/C24H25IN2O5/c1-5-15(4)32-21-19(25)12-16(13-20(21)31-6-2)11-18-22(28)26-24(30)27(23(18)29)17-9-7-14(3)8-10-17/h7-13,15H,5-6H2,1-4H3,(H,26,28,30)/b18-11+/t15-/m1/s1. The highest BCUT2D eigenvalue weighted by molar-refractivity contribution is 14.1. The number of halogens is 1. The van der Waals surface area contributed by atoms with Gasteiger partial charge in [-0.1, -0.05) is 24.6 Å². The Morgan fingerprint density at radius 1 is 1.12 bits per heavy atom. The molecule has 2 aromatic carbocycles. The molecule has 0 bridgehead atoms. The maximum absolute atomic E-state index is 13.1. The molecule has 1 saturated heterocycles. The fraction of sp³-hybridized carbons (Fsp3) is 0.292. The largest absolute Gasteiger partial charge is 0.490 e. The van der Waals surface area contributed by atoms with E-state index in [0.717, 1.165) is 20.5 Å². The van der Waals surface area contributed by atoms with Crippen LogP contribution in [0.2, 0.25) is 0 Å². The van der Waals surface area contributed by atoms with Gasteiger partial charge in [-0.05, 0) is 85.7 Å². The van der Waals surface area contributed by atoms with Crippen LogP contribution in [0.3, 0.4) is 0 Å². The van der Waals surface area contributed by atoms with Crippen LogP contribution in [0.1, 0.15) is 38.3 Å². The van der Waals surface area contributed by atoms with Crippen molar-refractivity contribution in [2.45, 2.75) is 40.2 Å². The quantitative estimate of drug-likeness (QED) is 0.304. The normalized spacial score (nSPS) is 16.2. The first-order chi connectivity index (χ1) is 15.2. The minimum atomic E-state index is -0.775. The number of carbonyl (C=O) groups excluding carboxylic acids is 3. The van der Waals surface area contributed by atoms with Crippen molar-refractivity contribution in [2.75, 3.05) is 11.5 Å². The van der Waals surface area contributed by atoms with Crippen molar-refractivity contribution in [1.82, 2.24) is 5.32 Å². The summed E-state index contributed by atoms with van der Waals surface area (Å²) in [5.74, 6) is -0.270. The predicted octanol–water partition coefficient (Wildman–Crippen LogP) is 4.84. The van der Waals surface area contributed by atoms with Gasteiger partial charge in [0.05, 0.1) is 22.0 Å². The van der Waals surface area contributed by atoms with Gasteiger partial charge in [-0.3, -0.25) is 14.9 Å². The Balaban J connectivity index is 2.01. The minimum Gasteiger partial charge on any atom is -0.490 e. The van der Waals surface area contributed by atoms with E-state index in [1.54, 1.807) is 36.4 Å². The van der Waals surface area contributed by atoms with Gasteiger partial charge in [0.2, 0.25) is 0 Å². The first-order valence-corrected chi connectivity index (χ1v) is 11.4. The number of rotatable bonds is 7. The van der Waals surface area contributed by atoms with E-state index in [-0.39, 0.29) is 11.7 Å². The van der Waals surface area contributed by atoms with Crippen molar-refractivity contribution >= 4 is 52.2 Å². The highest BCUT2D eigenvalue weighted by Crippen LogP contribution is 2.36. The number of benzene rings is 2. The lowest BCUT2D eigenvalue weighted by Gasteiger charge is -2.26. The van der Waals surface area contributed by atoms with Crippen LogP contribution in [-0.4, -0.2) is 30.6 Å². The van der Waals surface area contributed by atoms with Crippen LogP contribution in [0.4, 0.5) is 10.5 Å². The molecular weight excluding hydrogens is 523 g/mol. The van der Waals surface area contributed by atoms with Crippen LogP contribution in [0.5, 0.6) is 11.5 Å². The summed E-state index contributed by atoms with van der Waals surface area (Å²) in [6.45, 7) is 8.22. The summed E-state index contributed by atoms with van der Waals surface area (Å²) < 4.78 is 12.6. The molecule has 3 rings (SSSR count). The Morgan fingerprint density at radius 3 is 2.44 bits per heavy atom. The van der Waals surface area contributed by atoms with Crippen molar-refractivity contribution in [2.24, 2.45) is 0 Å². The zero-order valence-corrected chi connectivity index (χ0v) is 20.6. The van der Waals surface area contributed by atoms with Crippen molar-refractivity contribution in [3.8, 4) is 11.5 Å². The number of nitrogens with zero attached hydrogens (tertiary/aromatic N) is 1. The topological polar surface area (TPSA) is 84.9 Å². The average molecular weight is 548 g/mol. The predicted molar refractivity (Wildman–Crippen MR) is 131 cm³/mol. The summed E-state index contributed by atoms with van der Waals surface area (Å²) in [6, 6.07) is 9.67. The van der Waals surface area contributed by atoms with E-state index in [0.29, 0.717) is 29.4 Å². The van der Waals surface area contributed by atoms with Gasteiger partial charge in [0, 0.05) is 0 Å². The second-order valence-corrected chi connectivity index (χ2v) is 8.56. The van der Waals surface area contributed by atoms with Gasteiger partial charge in [-0.25, -0.2) is 9.69 Å². The SMILES string of the molecule is CCOc1cc(/C=C2\C(=O)NC(=O)N(c3ccc(C)cc3)C2=O)cc(I)c1O[C@H](C)CC. The van der Waals surface area contributed by atoms with E-state index < -0.39 is 17.8 Å². The van der Waals surface area contributed by atoms with Crippen molar-refractivity contribution in [3.05, 3.63) is 56.7 Å². The van der Waals surface area contributed by atoms with Crippen LogP contribution in [0.15, 0.2) is 42.0 Å². The number of ether oxygens (including phenoxy) is 2. The molecule has 1 fully saturated rings. The Labute approximate surface area is 200 Å². The van der Waals surface area contributed by atoms with Gasteiger partial charge in [0.1, 0.15) is 5.57 Å². The van der Waals surface area contributed by atoms with E-state index >= 15 is 0 Å². The zero-order chi connectivity index (χ0) is 23.4. The Bertz CT molecular complexity index is 1080. The van der Waals surface area contributed by atoms with Gasteiger partial charge in [-0.2, -0.15) is 0 Å². The molecule has 0 saturated carbocycles. The van der Waals surface area contributed by atoms with Gasteiger partial charge in [0.15, 0.2) is 11.5 Å². The van der Waals surface area contributed by atoms with Gasteiger partial charge >= 0.3 is 6.03 Å². The number of anilines is 1. The summed E-state index contributed by atoms with van der Waals surface area (Å²) >= 11 is 2.14. The Hall–Kier alpha value is -2.88. The van der Waals surface area contributed by atoms with Gasteiger partial charge in [0.25, 0.3) is 11.8 Å². The number of aryl methyl sites for hydroxylation is 1. The molecule has 4 amide bonds. The average Bonchev–Trinajstić information content (AvgIpc) is 2.74. The third-order valence-electron chi connectivity index (χ3n) is 4.93. The molecular formula is C24H25IN2O5. The van der Waals surface area contributed by atoms with Crippen molar-refractivity contribution in [1.29, 1.82) is 0 Å². The Morgan fingerprint density at radius 2 is 1.81 bits per heavy atom. The number of hydrogen-bond donors (Lipinski definition) is 1. The van der Waals surface area contributed by atoms with Gasteiger partial charge in [-0.15, -0.1) is 0 Å². The summed E-state index contributed by atoms with van der Waals surface area (Å²) in [6.07, 6.45) is 2.31. The number of hydrogen-bond acceptors (Lipinski definition) is 5. The third-order valence-corrected chi connectivity index (χ3v) is 5.73. The van der Waals surface area contributed by atoms with E-state index in [9.17, 15) is 14.4 Å². The number of barbiturate groups is 1. The summed E-state index contributed by atoms with van der Waals surface area (Å²) in [7, 11) is 0. The lowest BCUT2D eigenvalue weighted by molar-refractivity contribution is -0.122. The molecule has 1 atom stereocenters. The van der Waals surface area contributed by atoms with E-state index in [4.69, 9.17) is 9.47 Å². The molecule has 1 heterocycles.